The number of aryl methyl sites for hydroxylation is 1. The number of thioether (sulfide) groups is 1. The molecule has 0 radical (unpaired) electrons. The molecule has 4 rings (SSSR count). The zero-order chi connectivity index (χ0) is 18.8. The Labute approximate surface area is 166 Å². The van der Waals surface area contributed by atoms with Gasteiger partial charge in [0.15, 0.2) is 5.16 Å². The van der Waals surface area contributed by atoms with Crippen LogP contribution in [0.1, 0.15) is 18.1 Å². The van der Waals surface area contributed by atoms with Crippen molar-refractivity contribution in [1.29, 1.82) is 0 Å². The molecule has 0 aliphatic carbocycles. The zero-order valence-corrected chi connectivity index (χ0v) is 16.9. The van der Waals surface area contributed by atoms with Crippen molar-refractivity contribution in [3.8, 4) is 0 Å². The van der Waals surface area contributed by atoms with Gasteiger partial charge in [0.25, 0.3) is 0 Å². The lowest BCUT2D eigenvalue weighted by Gasteiger charge is -2.17. The fourth-order valence-corrected chi connectivity index (χ4v) is 4.84. The number of hydrogen-bond donors (Lipinski definition) is 0. The summed E-state index contributed by atoms with van der Waals surface area (Å²) in [6.07, 6.45) is 1.02. The van der Waals surface area contributed by atoms with Gasteiger partial charge in [0.1, 0.15) is 0 Å². The van der Waals surface area contributed by atoms with E-state index in [4.69, 9.17) is 0 Å². The lowest BCUT2D eigenvalue weighted by molar-refractivity contribution is -0.127. The van der Waals surface area contributed by atoms with Crippen LogP contribution >= 0.6 is 23.1 Å². The molecule has 2 heterocycles. The van der Waals surface area contributed by atoms with E-state index in [-0.39, 0.29) is 5.91 Å². The first-order chi connectivity index (χ1) is 13.2. The largest absolute Gasteiger partial charge is 0.341 e. The molecule has 0 aliphatic rings. The third-order valence-corrected chi connectivity index (χ3v) is 6.44. The molecule has 0 fully saturated rings. The Morgan fingerprint density at radius 3 is 2.63 bits per heavy atom. The molecule has 0 saturated heterocycles. The monoisotopic (exact) mass is 396 g/mol. The Bertz CT molecular complexity index is 1080. The number of para-hydroxylation sites is 1. The quantitative estimate of drug-likeness (QED) is 0.457. The number of amides is 1. The minimum absolute atomic E-state index is 0.0795. The first-order valence-electron chi connectivity index (χ1n) is 8.83. The molecule has 4 aromatic rings. The van der Waals surface area contributed by atoms with Crippen LogP contribution in [0.4, 0.5) is 0 Å². The minimum Gasteiger partial charge on any atom is -0.341 e. The predicted molar refractivity (Wildman–Crippen MR) is 111 cm³/mol. The maximum absolute atomic E-state index is 12.6. The van der Waals surface area contributed by atoms with Crippen molar-refractivity contribution in [3.05, 3.63) is 59.7 Å². The van der Waals surface area contributed by atoms with Gasteiger partial charge >= 0.3 is 0 Å². The van der Waals surface area contributed by atoms with Gasteiger partial charge in [0, 0.05) is 13.6 Å². The highest BCUT2D eigenvalue weighted by atomic mass is 32.2. The highest BCUT2D eigenvalue weighted by molar-refractivity contribution is 7.99. The van der Waals surface area contributed by atoms with Crippen molar-refractivity contribution >= 4 is 44.2 Å². The number of carbonyl (C=O) groups is 1. The summed E-state index contributed by atoms with van der Waals surface area (Å²) in [5, 5.41) is 9.26. The van der Waals surface area contributed by atoms with Crippen LogP contribution in [-0.4, -0.2) is 38.2 Å². The average Bonchev–Trinajstić information content (AvgIpc) is 3.26. The van der Waals surface area contributed by atoms with Crippen molar-refractivity contribution in [2.45, 2.75) is 25.0 Å². The van der Waals surface area contributed by atoms with Gasteiger partial charge < -0.3 is 4.90 Å². The Morgan fingerprint density at radius 1 is 1.11 bits per heavy atom. The molecule has 1 amide bonds. The van der Waals surface area contributed by atoms with Crippen LogP contribution in [0, 0.1) is 0 Å². The van der Waals surface area contributed by atoms with E-state index in [1.807, 2.05) is 23.6 Å². The van der Waals surface area contributed by atoms with Crippen molar-refractivity contribution < 1.29 is 4.79 Å². The topological polar surface area (TPSA) is 50.5 Å². The van der Waals surface area contributed by atoms with Gasteiger partial charge in [-0.25, -0.2) is 0 Å². The first-order valence-corrected chi connectivity index (χ1v) is 10.6. The molecule has 2 aromatic carbocycles. The summed E-state index contributed by atoms with van der Waals surface area (Å²) in [7, 11) is 1.84. The van der Waals surface area contributed by atoms with Gasteiger partial charge in [-0.2, -0.15) is 0 Å². The Balaban J connectivity index is 1.43. The zero-order valence-electron chi connectivity index (χ0n) is 15.3. The number of carbonyl (C=O) groups excluding carboxylic acids is 1. The van der Waals surface area contributed by atoms with Crippen LogP contribution in [0.3, 0.4) is 0 Å². The van der Waals surface area contributed by atoms with Gasteiger partial charge in [-0.1, -0.05) is 66.4 Å². The summed E-state index contributed by atoms with van der Waals surface area (Å²) in [5.74, 6) is 0.421. The molecule has 0 atom stereocenters. The Morgan fingerprint density at radius 2 is 1.85 bits per heavy atom. The summed E-state index contributed by atoms with van der Waals surface area (Å²) in [6.45, 7) is 2.75. The fourth-order valence-electron chi connectivity index (χ4n) is 2.93. The van der Waals surface area contributed by atoms with E-state index in [1.165, 1.54) is 22.0 Å². The minimum atomic E-state index is 0.0795. The number of rotatable bonds is 6. The van der Waals surface area contributed by atoms with Gasteiger partial charge in [-0.3, -0.25) is 9.20 Å². The summed E-state index contributed by atoms with van der Waals surface area (Å²) in [6, 6.07) is 16.6. The van der Waals surface area contributed by atoms with Gasteiger partial charge in [-0.05, 0) is 29.7 Å². The van der Waals surface area contributed by atoms with Crippen LogP contribution in [0.15, 0.2) is 53.7 Å². The number of benzene rings is 2. The number of nitrogens with zero attached hydrogens (tertiary/aromatic N) is 4. The van der Waals surface area contributed by atoms with Crippen LogP contribution in [0.2, 0.25) is 0 Å². The Hall–Kier alpha value is -2.38. The van der Waals surface area contributed by atoms with E-state index in [1.54, 1.807) is 16.2 Å². The Kier molecular flexibility index (Phi) is 5.13. The van der Waals surface area contributed by atoms with Crippen LogP contribution in [0.5, 0.6) is 0 Å². The predicted octanol–water partition coefficient (Wildman–Crippen LogP) is 4.26. The van der Waals surface area contributed by atoms with Gasteiger partial charge in [-0.15, -0.1) is 10.2 Å². The SMILES string of the molecule is CCc1ccc(CN(C)C(=O)CSc2nnc3sc4ccccc4n23)cc1. The lowest BCUT2D eigenvalue weighted by Crippen LogP contribution is -2.27. The molecule has 5 nitrogen and oxygen atoms in total. The molecular weight excluding hydrogens is 376 g/mol. The van der Waals surface area contributed by atoms with Crippen LogP contribution in [0.25, 0.3) is 15.2 Å². The van der Waals surface area contributed by atoms with Gasteiger partial charge in [0.2, 0.25) is 10.9 Å². The molecule has 2 aromatic heterocycles. The van der Waals surface area contributed by atoms with E-state index >= 15 is 0 Å². The van der Waals surface area contributed by atoms with E-state index in [9.17, 15) is 4.79 Å². The smallest absolute Gasteiger partial charge is 0.233 e. The first kappa shape index (κ1) is 18.0. The summed E-state index contributed by atoms with van der Waals surface area (Å²) in [4.78, 5) is 15.2. The molecule has 0 unspecified atom stereocenters. The maximum Gasteiger partial charge on any atom is 0.233 e. The second-order valence-electron chi connectivity index (χ2n) is 6.38. The second kappa shape index (κ2) is 7.70. The number of thiazole rings is 1. The number of aromatic nitrogens is 3. The van der Waals surface area contributed by atoms with E-state index < -0.39 is 0 Å². The molecular formula is C20H20N4OS2. The normalized spacial score (nSPS) is 11.3. The molecule has 0 N–H and O–H groups in total. The van der Waals surface area contributed by atoms with E-state index in [2.05, 4.69) is 53.5 Å². The van der Waals surface area contributed by atoms with Crippen molar-refractivity contribution in [1.82, 2.24) is 19.5 Å². The van der Waals surface area contributed by atoms with Crippen LogP contribution < -0.4 is 0 Å². The van der Waals surface area contributed by atoms with Gasteiger partial charge in [0.05, 0.1) is 16.0 Å². The third kappa shape index (κ3) is 3.70. The molecule has 0 saturated carbocycles. The summed E-state index contributed by atoms with van der Waals surface area (Å²) in [5.41, 5.74) is 3.53. The average molecular weight is 397 g/mol. The lowest BCUT2D eigenvalue weighted by atomic mass is 10.1. The standard InChI is InChI=1S/C20H20N4OS2/c1-3-14-8-10-15(11-9-14)12-23(2)18(25)13-26-19-21-22-20-24(19)16-6-4-5-7-17(16)27-20/h4-11H,3,12-13H2,1-2H3. The van der Waals surface area contributed by atoms with Crippen molar-refractivity contribution in [2.24, 2.45) is 0 Å². The summed E-state index contributed by atoms with van der Waals surface area (Å²) < 4.78 is 3.20. The third-order valence-electron chi connectivity index (χ3n) is 4.51. The fraction of sp³-hybridized carbons (Fsp3) is 0.250. The van der Waals surface area contributed by atoms with Crippen molar-refractivity contribution in [3.63, 3.8) is 0 Å². The molecule has 0 aliphatic heterocycles. The molecule has 7 heteroatoms. The molecule has 0 spiro atoms. The number of fused-ring (bicyclic) bond motifs is 3. The van der Waals surface area contributed by atoms with E-state index in [0.29, 0.717) is 12.3 Å². The molecule has 27 heavy (non-hydrogen) atoms. The highest BCUT2D eigenvalue weighted by Crippen LogP contribution is 2.29. The molecule has 0 bridgehead atoms. The number of hydrogen-bond acceptors (Lipinski definition) is 5. The van der Waals surface area contributed by atoms with Crippen molar-refractivity contribution in [2.75, 3.05) is 12.8 Å². The highest BCUT2D eigenvalue weighted by Gasteiger charge is 2.16. The van der Waals surface area contributed by atoms with E-state index in [0.717, 1.165) is 27.6 Å². The maximum atomic E-state index is 12.6. The summed E-state index contributed by atoms with van der Waals surface area (Å²) >= 11 is 3.04. The van der Waals surface area contributed by atoms with Crippen LogP contribution in [-0.2, 0) is 17.8 Å². The second-order valence-corrected chi connectivity index (χ2v) is 8.33. The molecule has 138 valence electrons.